The van der Waals surface area contributed by atoms with Crippen molar-refractivity contribution in [1.82, 2.24) is 0 Å². The fourth-order valence-electron chi connectivity index (χ4n) is 2.63. The van der Waals surface area contributed by atoms with E-state index in [-0.39, 0.29) is 5.91 Å². The topological polar surface area (TPSA) is 47.6 Å². The van der Waals surface area contributed by atoms with Crippen LogP contribution in [0, 0.1) is 0 Å². The van der Waals surface area contributed by atoms with E-state index in [0.717, 1.165) is 11.4 Å². The van der Waals surface area contributed by atoms with Gasteiger partial charge in [0, 0.05) is 16.3 Å². The minimum absolute atomic E-state index is 0.239. The Labute approximate surface area is 163 Å². The molecular weight excluding hydrogens is 358 g/mol. The number of thioether (sulfide) groups is 1. The Morgan fingerprint density at radius 3 is 2.30 bits per heavy atom. The van der Waals surface area contributed by atoms with Crippen LogP contribution in [0.3, 0.4) is 0 Å². The molecule has 0 aromatic heterocycles. The molecule has 4 nitrogen and oxygen atoms in total. The zero-order valence-corrected chi connectivity index (χ0v) is 16.1. The number of para-hydroxylation sites is 1. The molecule has 0 aliphatic carbocycles. The molecule has 0 atom stereocenters. The van der Waals surface area contributed by atoms with Crippen LogP contribution >= 0.6 is 11.8 Å². The number of amides is 1. The van der Waals surface area contributed by atoms with Crippen LogP contribution < -0.4 is 14.8 Å². The van der Waals surface area contributed by atoms with Crippen LogP contribution in [0.2, 0.25) is 0 Å². The van der Waals surface area contributed by atoms with E-state index in [1.54, 1.807) is 37.1 Å². The molecular formula is C22H21NO3S. The molecule has 3 rings (SSSR count). The van der Waals surface area contributed by atoms with Crippen LogP contribution in [0.15, 0.2) is 77.7 Å². The van der Waals surface area contributed by atoms with Crippen molar-refractivity contribution in [3.05, 3.63) is 83.9 Å². The highest BCUT2D eigenvalue weighted by atomic mass is 32.2. The van der Waals surface area contributed by atoms with Crippen molar-refractivity contribution in [1.29, 1.82) is 0 Å². The lowest BCUT2D eigenvalue weighted by Crippen LogP contribution is -2.13. The van der Waals surface area contributed by atoms with Crippen LogP contribution in [0.4, 0.5) is 5.69 Å². The fraction of sp³-hybridized carbons (Fsp3) is 0.136. The molecule has 0 aliphatic heterocycles. The molecule has 1 amide bonds. The van der Waals surface area contributed by atoms with Crippen molar-refractivity contribution in [2.45, 2.75) is 10.6 Å². The lowest BCUT2D eigenvalue weighted by Gasteiger charge is -2.12. The van der Waals surface area contributed by atoms with Crippen molar-refractivity contribution < 1.29 is 14.3 Å². The molecule has 0 saturated heterocycles. The van der Waals surface area contributed by atoms with Gasteiger partial charge in [-0.15, -0.1) is 11.8 Å². The maximum absolute atomic E-state index is 12.6. The van der Waals surface area contributed by atoms with Gasteiger partial charge in [0.25, 0.3) is 5.91 Å². The Hall–Kier alpha value is -2.92. The van der Waals surface area contributed by atoms with Gasteiger partial charge in [-0.3, -0.25) is 4.79 Å². The molecule has 5 heteroatoms. The summed E-state index contributed by atoms with van der Waals surface area (Å²) in [6.45, 7) is 0. The van der Waals surface area contributed by atoms with Crippen molar-refractivity contribution >= 4 is 23.4 Å². The number of benzene rings is 3. The predicted molar refractivity (Wildman–Crippen MR) is 110 cm³/mol. The van der Waals surface area contributed by atoms with E-state index < -0.39 is 0 Å². The lowest BCUT2D eigenvalue weighted by molar-refractivity contribution is 0.102. The Morgan fingerprint density at radius 1 is 0.889 bits per heavy atom. The first-order valence-electron chi connectivity index (χ1n) is 8.50. The maximum Gasteiger partial charge on any atom is 0.259 e. The minimum atomic E-state index is -0.239. The van der Waals surface area contributed by atoms with Gasteiger partial charge in [0.2, 0.25) is 0 Å². The molecule has 0 bridgehead atoms. The number of methoxy groups -OCH3 is 2. The smallest absolute Gasteiger partial charge is 0.259 e. The molecule has 138 valence electrons. The largest absolute Gasteiger partial charge is 0.493 e. The number of carbonyl (C=O) groups excluding carboxylic acids is 1. The summed E-state index contributed by atoms with van der Waals surface area (Å²) < 4.78 is 10.6. The van der Waals surface area contributed by atoms with Crippen LogP contribution in [-0.4, -0.2) is 20.1 Å². The summed E-state index contributed by atoms with van der Waals surface area (Å²) in [5.41, 5.74) is 2.36. The van der Waals surface area contributed by atoms with Crippen molar-refractivity contribution in [2.75, 3.05) is 19.5 Å². The third-order valence-corrected chi connectivity index (χ3v) is 5.09. The number of hydrogen-bond acceptors (Lipinski definition) is 4. The highest BCUT2D eigenvalue weighted by molar-refractivity contribution is 7.98. The number of ether oxygens (including phenoxy) is 2. The molecule has 0 unspecified atom stereocenters. The van der Waals surface area contributed by atoms with Crippen LogP contribution in [0.25, 0.3) is 0 Å². The number of nitrogens with one attached hydrogen (secondary N) is 1. The molecule has 0 fully saturated rings. The van der Waals surface area contributed by atoms with E-state index in [0.29, 0.717) is 17.1 Å². The SMILES string of the molecule is COc1cccc(C(=O)Nc2ccc(CSc3ccccc3)cc2)c1OC. The van der Waals surface area contributed by atoms with Gasteiger partial charge in [-0.25, -0.2) is 0 Å². The van der Waals surface area contributed by atoms with Gasteiger partial charge in [0.15, 0.2) is 11.5 Å². The Bertz CT molecular complexity index is 895. The monoisotopic (exact) mass is 379 g/mol. The second kappa shape index (κ2) is 9.14. The zero-order chi connectivity index (χ0) is 19.1. The predicted octanol–water partition coefficient (Wildman–Crippen LogP) is 5.25. The summed E-state index contributed by atoms with van der Waals surface area (Å²) in [5, 5.41) is 2.90. The summed E-state index contributed by atoms with van der Waals surface area (Å²) in [6.07, 6.45) is 0. The molecule has 0 radical (unpaired) electrons. The molecule has 0 spiro atoms. The summed E-state index contributed by atoms with van der Waals surface area (Å²) in [4.78, 5) is 13.8. The number of hydrogen-bond donors (Lipinski definition) is 1. The van der Waals surface area contributed by atoms with Crippen molar-refractivity contribution in [3.63, 3.8) is 0 Å². The Kier molecular flexibility index (Phi) is 6.39. The van der Waals surface area contributed by atoms with Gasteiger partial charge >= 0.3 is 0 Å². The maximum atomic E-state index is 12.6. The molecule has 1 N–H and O–H groups in total. The van der Waals surface area contributed by atoms with Gasteiger partial charge in [-0.05, 0) is 42.0 Å². The molecule has 0 heterocycles. The van der Waals surface area contributed by atoms with Gasteiger partial charge in [-0.2, -0.15) is 0 Å². The average Bonchev–Trinajstić information content (AvgIpc) is 2.73. The summed E-state index contributed by atoms with van der Waals surface area (Å²) >= 11 is 1.78. The van der Waals surface area contributed by atoms with E-state index in [2.05, 4.69) is 17.4 Å². The normalized spacial score (nSPS) is 10.3. The number of carbonyl (C=O) groups is 1. The van der Waals surface area contributed by atoms with Crippen LogP contribution in [0.5, 0.6) is 11.5 Å². The highest BCUT2D eigenvalue weighted by Crippen LogP contribution is 2.31. The zero-order valence-electron chi connectivity index (χ0n) is 15.3. The molecule has 27 heavy (non-hydrogen) atoms. The van der Waals surface area contributed by atoms with Crippen LogP contribution in [-0.2, 0) is 5.75 Å². The quantitative estimate of drug-likeness (QED) is 0.570. The van der Waals surface area contributed by atoms with E-state index in [4.69, 9.17) is 9.47 Å². The van der Waals surface area contributed by atoms with Crippen LogP contribution in [0.1, 0.15) is 15.9 Å². The van der Waals surface area contributed by atoms with E-state index in [9.17, 15) is 4.79 Å². The first kappa shape index (κ1) is 18.9. The molecule has 0 aliphatic rings. The molecule has 3 aromatic rings. The Balaban J connectivity index is 1.65. The highest BCUT2D eigenvalue weighted by Gasteiger charge is 2.16. The van der Waals surface area contributed by atoms with Crippen molar-refractivity contribution in [2.24, 2.45) is 0 Å². The van der Waals surface area contributed by atoms with Crippen molar-refractivity contribution in [3.8, 4) is 11.5 Å². The number of anilines is 1. The van der Waals surface area contributed by atoms with Gasteiger partial charge in [0.1, 0.15) is 0 Å². The summed E-state index contributed by atoms with van der Waals surface area (Å²) in [7, 11) is 3.07. The van der Waals surface area contributed by atoms with E-state index >= 15 is 0 Å². The third-order valence-electron chi connectivity index (χ3n) is 4.01. The number of rotatable bonds is 7. The average molecular weight is 379 g/mol. The third kappa shape index (κ3) is 4.83. The first-order chi connectivity index (χ1) is 13.2. The second-order valence-electron chi connectivity index (χ2n) is 5.79. The second-order valence-corrected chi connectivity index (χ2v) is 6.84. The standard InChI is InChI=1S/C22H21NO3S/c1-25-20-10-6-9-19(21(20)26-2)22(24)23-17-13-11-16(12-14-17)15-27-18-7-4-3-5-8-18/h3-14H,15H2,1-2H3,(H,23,24). The molecule has 3 aromatic carbocycles. The van der Waals surface area contributed by atoms with Gasteiger partial charge < -0.3 is 14.8 Å². The lowest BCUT2D eigenvalue weighted by atomic mass is 10.1. The summed E-state index contributed by atoms with van der Waals surface area (Å²) in [5.74, 6) is 1.59. The minimum Gasteiger partial charge on any atom is -0.493 e. The van der Waals surface area contributed by atoms with Gasteiger partial charge in [-0.1, -0.05) is 36.4 Å². The molecule has 0 saturated carbocycles. The fourth-order valence-corrected chi connectivity index (χ4v) is 3.51. The van der Waals surface area contributed by atoms with E-state index in [1.807, 2.05) is 42.5 Å². The van der Waals surface area contributed by atoms with Gasteiger partial charge in [0.05, 0.1) is 19.8 Å². The summed E-state index contributed by atoms with van der Waals surface area (Å²) in [6, 6.07) is 23.4. The van der Waals surface area contributed by atoms with E-state index in [1.165, 1.54) is 17.6 Å². The Morgan fingerprint density at radius 2 is 1.63 bits per heavy atom. The first-order valence-corrected chi connectivity index (χ1v) is 9.49.